The molecule has 1 spiro atoms. The van der Waals surface area contributed by atoms with E-state index in [1.807, 2.05) is 0 Å². The van der Waals surface area contributed by atoms with Crippen LogP contribution >= 0.6 is 23.5 Å². The van der Waals surface area contributed by atoms with Gasteiger partial charge in [0, 0.05) is 17.9 Å². The summed E-state index contributed by atoms with van der Waals surface area (Å²) in [5, 5.41) is 20.7. The lowest BCUT2D eigenvalue weighted by Gasteiger charge is -2.60. The molecule has 5 rings (SSSR count). The molecular weight excluding hydrogens is 400 g/mol. The number of rotatable bonds is 3. The second kappa shape index (κ2) is 6.93. The maximum atomic E-state index is 11.5. The van der Waals surface area contributed by atoms with Gasteiger partial charge in [-0.15, -0.1) is 23.5 Å². The molecule has 4 aliphatic carbocycles. The number of aliphatic hydroxyl groups is 1. The minimum Gasteiger partial charge on any atom is -0.481 e. The minimum absolute atomic E-state index is 0.0922. The molecule has 29 heavy (non-hydrogen) atoms. The highest BCUT2D eigenvalue weighted by Gasteiger charge is 2.64. The molecule has 4 fully saturated rings. The number of hydrogen-bond acceptors (Lipinski definition) is 4. The SMILES string of the molecule is C[C@]12CCC3(C=C1CC[C@@H]1[C@@H]2CC[C@@]2(C)[C@H]1CC[C@@]2(O)CCC(=O)O)SCCS3. The van der Waals surface area contributed by atoms with E-state index in [1.54, 1.807) is 5.57 Å². The van der Waals surface area contributed by atoms with E-state index in [4.69, 9.17) is 0 Å². The molecule has 1 saturated heterocycles. The fourth-order valence-corrected chi connectivity index (χ4v) is 11.3. The summed E-state index contributed by atoms with van der Waals surface area (Å²) in [6, 6.07) is 0. The largest absolute Gasteiger partial charge is 0.481 e. The van der Waals surface area contributed by atoms with Crippen LogP contribution in [0.3, 0.4) is 0 Å². The first-order chi connectivity index (χ1) is 13.7. The van der Waals surface area contributed by atoms with E-state index in [0.29, 0.717) is 27.8 Å². The normalized spacial score (nSPS) is 48.0. The van der Waals surface area contributed by atoms with Crippen molar-refractivity contribution in [2.24, 2.45) is 28.6 Å². The molecule has 3 saturated carbocycles. The van der Waals surface area contributed by atoms with E-state index < -0.39 is 11.6 Å². The third kappa shape index (κ3) is 3.00. The van der Waals surface area contributed by atoms with Gasteiger partial charge >= 0.3 is 5.97 Å². The van der Waals surface area contributed by atoms with Crippen LogP contribution in [0.15, 0.2) is 11.6 Å². The lowest BCUT2D eigenvalue weighted by molar-refractivity contribution is -0.146. The van der Waals surface area contributed by atoms with Crippen LogP contribution in [-0.4, -0.2) is 37.4 Å². The lowest BCUT2D eigenvalue weighted by atomic mass is 9.46. The predicted molar refractivity (Wildman–Crippen MR) is 121 cm³/mol. The van der Waals surface area contributed by atoms with Gasteiger partial charge in [-0.2, -0.15) is 0 Å². The van der Waals surface area contributed by atoms with Gasteiger partial charge in [0.2, 0.25) is 0 Å². The molecule has 0 unspecified atom stereocenters. The van der Waals surface area contributed by atoms with Crippen molar-refractivity contribution in [3.63, 3.8) is 0 Å². The Kier molecular flexibility index (Phi) is 4.96. The van der Waals surface area contributed by atoms with E-state index in [2.05, 4.69) is 43.4 Å². The topological polar surface area (TPSA) is 57.5 Å². The molecule has 5 aliphatic rings. The molecule has 3 nitrogen and oxygen atoms in total. The number of carboxylic acid groups (broad SMARTS) is 1. The third-order valence-corrected chi connectivity index (χ3v) is 13.4. The number of aliphatic carboxylic acids is 1. The van der Waals surface area contributed by atoms with Gasteiger partial charge in [0.05, 0.1) is 9.68 Å². The first-order valence-corrected chi connectivity index (χ1v) is 13.6. The quantitative estimate of drug-likeness (QED) is 0.554. The first-order valence-electron chi connectivity index (χ1n) is 11.7. The summed E-state index contributed by atoms with van der Waals surface area (Å²) in [5.41, 5.74) is 1.20. The highest BCUT2D eigenvalue weighted by molar-refractivity contribution is 8.21. The summed E-state index contributed by atoms with van der Waals surface area (Å²) in [5.74, 6) is 3.82. The van der Waals surface area contributed by atoms with E-state index >= 15 is 0 Å². The van der Waals surface area contributed by atoms with Crippen molar-refractivity contribution < 1.29 is 15.0 Å². The molecule has 1 aliphatic heterocycles. The molecule has 0 bridgehead atoms. The first kappa shape index (κ1) is 20.8. The summed E-state index contributed by atoms with van der Waals surface area (Å²) in [4.78, 5) is 11.2. The molecule has 0 aromatic carbocycles. The highest BCUT2D eigenvalue weighted by Crippen LogP contribution is 2.69. The summed E-state index contributed by atoms with van der Waals surface area (Å²) in [6.45, 7) is 4.85. The van der Waals surface area contributed by atoms with Crippen LogP contribution < -0.4 is 0 Å². The standard InChI is InChI=1S/C24H36O3S2/c1-21-11-12-24(28-13-14-29-24)15-16(21)3-4-17-18(21)5-8-22(2)19(17)6-9-23(22,27)10-7-20(25)26/h15,17-19,27H,3-14H2,1-2H3,(H,25,26)/t17-,18+,19+,21+,22+,23-/m1/s1. The maximum Gasteiger partial charge on any atom is 0.303 e. The number of carboxylic acids is 1. The van der Waals surface area contributed by atoms with Crippen molar-refractivity contribution in [3.05, 3.63) is 11.6 Å². The van der Waals surface area contributed by atoms with Crippen LogP contribution in [0.25, 0.3) is 0 Å². The molecule has 0 amide bonds. The zero-order valence-corrected chi connectivity index (χ0v) is 19.5. The number of fused-ring (bicyclic) bond motifs is 5. The molecule has 0 aromatic heterocycles. The van der Waals surface area contributed by atoms with Gasteiger partial charge in [-0.05, 0) is 86.4 Å². The molecule has 2 N–H and O–H groups in total. The Bertz CT molecular complexity index is 730. The third-order valence-electron chi connectivity index (χ3n) is 9.97. The predicted octanol–water partition coefficient (Wildman–Crippen LogP) is 5.72. The van der Waals surface area contributed by atoms with E-state index in [1.165, 1.54) is 43.6 Å². The summed E-state index contributed by atoms with van der Waals surface area (Å²) >= 11 is 4.35. The fourth-order valence-electron chi connectivity index (χ4n) is 8.21. The summed E-state index contributed by atoms with van der Waals surface area (Å²) < 4.78 is 0.370. The van der Waals surface area contributed by atoms with Gasteiger partial charge in [-0.3, -0.25) is 4.79 Å². The average molecular weight is 437 g/mol. The second-order valence-corrected chi connectivity index (χ2v) is 14.0. The molecule has 6 atom stereocenters. The zero-order valence-electron chi connectivity index (χ0n) is 17.9. The minimum atomic E-state index is -0.786. The number of thioether (sulfide) groups is 2. The van der Waals surface area contributed by atoms with Gasteiger partial charge < -0.3 is 10.2 Å². The van der Waals surface area contributed by atoms with Crippen LogP contribution in [0.4, 0.5) is 0 Å². The Morgan fingerprint density at radius 2 is 1.79 bits per heavy atom. The van der Waals surface area contributed by atoms with Crippen LogP contribution in [0.2, 0.25) is 0 Å². The van der Waals surface area contributed by atoms with Crippen molar-refractivity contribution in [1.82, 2.24) is 0 Å². The van der Waals surface area contributed by atoms with Gasteiger partial charge in [-0.1, -0.05) is 25.5 Å². The summed E-state index contributed by atoms with van der Waals surface area (Å²) in [7, 11) is 0. The van der Waals surface area contributed by atoms with Crippen molar-refractivity contribution in [3.8, 4) is 0 Å². The van der Waals surface area contributed by atoms with Gasteiger partial charge in [0.1, 0.15) is 0 Å². The van der Waals surface area contributed by atoms with Crippen LogP contribution in [-0.2, 0) is 4.79 Å². The Morgan fingerprint density at radius 3 is 2.52 bits per heavy atom. The van der Waals surface area contributed by atoms with Crippen molar-refractivity contribution in [2.45, 2.75) is 87.7 Å². The van der Waals surface area contributed by atoms with Gasteiger partial charge in [-0.25, -0.2) is 0 Å². The van der Waals surface area contributed by atoms with Crippen LogP contribution in [0.1, 0.15) is 78.1 Å². The van der Waals surface area contributed by atoms with E-state index in [-0.39, 0.29) is 11.8 Å². The van der Waals surface area contributed by atoms with Crippen molar-refractivity contribution in [1.29, 1.82) is 0 Å². The number of hydrogen-bond donors (Lipinski definition) is 2. The number of allylic oxidation sites excluding steroid dienone is 1. The van der Waals surface area contributed by atoms with Gasteiger partial charge in [0.15, 0.2) is 0 Å². The molecular formula is C24H36O3S2. The Morgan fingerprint density at radius 1 is 1.07 bits per heavy atom. The van der Waals surface area contributed by atoms with Crippen LogP contribution in [0.5, 0.6) is 0 Å². The Labute approximate surface area is 183 Å². The highest BCUT2D eigenvalue weighted by atomic mass is 32.2. The van der Waals surface area contributed by atoms with Crippen LogP contribution in [0, 0.1) is 28.6 Å². The second-order valence-electron chi connectivity index (χ2n) is 10.9. The average Bonchev–Trinajstić information content (AvgIpc) is 3.24. The fraction of sp³-hybridized carbons (Fsp3) is 0.875. The molecule has 0 aromatic rings. The monoisotopic (exact) mass is 436 g/mol. The van der Waals surface area contributed by atoms with Crippen molar-refractivity contribution >= 4 is 29.5 Å². The summed E-state index contributed by atoms with van der Waals surface area (Å²) in [6.07, 6.45) is 12.5. The van der Waals surface area contributed by atoms with Crippen molar-refractivity contribution in [2.75, 3.05) is 11.5 Å². The molecule has 162 valence electrons. The Balaban J connectivity index is 1.40. The molecule has 1 heterocycles. The zero-order chi connectivity index (χ0) is 20.5. The Hall–Kier alpha value is -0.130. The molecule has 5 heteroatoms. The van der Waals surface area contributed by atoms with E-state index in [0.717, 1.165) is 25.2 Å². The van der Waals surface area contributed by atoms with Gasteiger partial charge in [0.25, 0.3) is 0 Å². The maximum absolute atomic E-state index is 11.5. The number of carbonyl (C=O) groups is 1. The smallest absolute Gasteiger partial charge is 0.303 e. The molecule has 0 radical (unpaired) electrons. The van der Waals surface area contributed by atoms with E-state index in [9.17, 15) is 15.0 Å². The lowest BCUT2D eigenvalue weighted by Crippen LogP contribution is -2.55.